The van der Waals surface area contributed by atoms with Crippen molar-refractivity contribution in [2.24, 2.45) is 5.92 Å². The Balaban J connectivity index is 4.05. The molecule has 2 atom stereocenters. The van der Waals surface area contributed by atoms with E-state index in [4.69, 9.17) is 9.47 Å². The average Bonchev–Trinajstić information content (AvgIpc) is 2.22. The van der Waals surface area contributed by atoms with E-state index < -0.39 is 0 Å². The molecule has 0 aromatic carbocycles. The van der Waals surface area contributed by atoms with Gasteiger partial charge in [0, 0.05) is 14.2 Å². The molecule has 0 amide bonds. The zero-order chi connectivity index (χ0) is 11.0. The molecule has 0 aliphatic carbocycles. The minimum atomic E-state index is -0.273. The van der Waals surface area contributed by atoms with E-state index in [1.807, 2.05) is 0 Å². The normalized spacial score (nSPS) is 17.8. The minimum Gasteiger partial charge on any atom is -0.369 e. The molecule has 0 aliphatic heterocycles. The van der Waals surface area contributed by atoms with Crippen molar-refractivity contribution in [3.8, 4) is 0 Å². The van der Waals surface area contributed by atoms with Crippen LogP contribution in [0.2, 0.25) is 0 Å². The molecule has 86 valence electrons. The first-order valence-electron chi connectivity index (χ1n) is 5.39. The molecule has 3 nitrogen and oxygen atoms in total. The smallest absolute Gasteiger partial charge is 0.120 e. The lowest BCUT2D eigenvalue weighted by Gasteiger charge is -2.35. The van der Waals surface area contributed by atoms with Gasteiger partial charge in [0.2, 0.25) is 0 Å². The lowest BCUT2D eigenvalue weighted by atomic mass is 9.93. The van der Waals surface area contributed by atoms with Crippen LogP contribution in [-0.4, -0.2) is 26.7 Å². The number of hydrogen-bond acceptors (Lipinski definition) is 3. The van der Waals surface area contributed by atoms with Gasteiger partial charge in [-0.05, 0) is 19.3 Å². The van der Waals surface area contributed by atoms with Gasteiger partial charge in [0.15, 0.2) is 0 Å². The van der Waals surface area contributed by atoms with Crippen molar-refractivity contribution in [2.75, 3.05) is 21.0 Å². The van der Waals surface area contributed by atoms with Gasteiger partial charge in [0.05, 0.1) is 6.73 Å². The third-order valence-electron chi connectivity index (χ3n) is 2.92. The Hall–Kier alpha value is -0.120. The Morgan fingerprint density at radius 3 is 2.43 bits per heavy atom. The van der Waals surface area contributed by atoms with Gasteiger partial charge in [-0.25, -0.2) is 0 Å². The number of hydrogen-bond donors (Lipinski definition) is 1. The van der Waals surface area contributed by atoms with E-state index in [2.05, 4.69) is 26.1 Å². The van der Waals surface area contributed by atoms with E-state index in [1.165, 1.54) is 19.3 Å². The van der Waals surface area contributed by atoms with Crippen LogP contribution in [0.1, 0.15) is 40.0 Å². The van der Waals surface area contributed by atoms with Crippen molar-refractivity contribution in [2.45, 2.75) is 45.8 Å². The highest BCUT2D eigenvalue weighted by atomic mass is 16.5. The van der Waals surface area contributed by atoms with Crippen LogP contribution in [0.25, 0.3) is 0 Å². The highest BCUT2D eigenvalue weighted by molar-refractivity contribution is 4.77. The van der Waals surface area contributed by atoms with Crippen LogP contribution in [0.4, 0.5) is 0 Å². The van der Waals surface area contributed by atoms with Gasteiger partial charge in [0.25, 0.3) is 0 Å². The molecule has 0 radical (unpaired) electrons. The lowest BCUT2D eigenvalue weighted by molar-refractivity contribution is -0.0853. The molecule has 1 N–H and O–H groups in total. The summed E-state index contributed by atoms with van der Waals surface area (Å²) in [6.07, 6.45) is 3.65. The number of unbranched alkanes of at least 4 members (excludes halogenated alkanes) is 1. The van der Waals surface area contributed by atoms with Gasteiger partial charge in [-0.1, -0.05) is 26.7 Å². The first-order valence-corrected chi connectivity index (χ1v) is 5.39. The molecule has 0 aromatic rings. The van der Waals surface area contributed by atoms with Crippen LogP contribution >= 0.6 is 0 Å². The molecule has 3 heteroatoms. The largest absolute Gasteiger partial charge is 0.369 e. The second-order valence-electron chi connectivity index (χ2n) is 3.96. The molecule has 0 heterocycles. The molecule has 0 unspecified atom stereocenters. The topological polar surface area (TPSA) is 30.5 Å². The summed E-state index contributed by atoms with van der Waals surface area (Å²) in [5.41, 5.74) is -0.273. The summed E-state index contributed by atoms with van der Waals surface area (Å²) in [7, 11) is 3.42. The third kappa shape index (κ3) is 4.40. The maximum Gasteiger partial charge on any atom is 0.120 e. The summed E-state index contributed by atoms with van der Waals surface area (Å²) in [6.45, 7) is 7.02. The van der Waals surface area contributed by atoms with Crippen LogP contribution in [0.5, 0.6) is 0 Å². The molecular formula is C11H25NO2. The number of methoxy groups -OCH3 is 2. The molecule has 14 heavy (non-hydrogen) atoms. The van der Waals surface area contributed by atoms with Gasteiger partial charge in [-0.15, -0.1) is 0 Å². The molecular weight excluding hydrogens is 178 g/mol. The Morgan fingerprint density at radius 2 is 2.00 bits per heavy atom. The maximum atomic E-state index is 5.51. The summed E-state index contributed by atoms with van der Waals surface area (Å²) < 4.78 is 10.5. The second kappa shape index (κ2) is 7.21. The van der Waals surface area contributed by atoms with E-state index in [9.17, 15) is 0 Å². The van der Waals surface area contributed by atoms with E-state index in [0.717, 1.165) is 0 Å². The Bertz CT molecular complexity index is 141. The van der Waals surface area contributed by atoms with Crippen LogP contribution in [0.3, 0.4) is 0 Å². The molecule has 0 aliphatic rings. The third-order valence-corrected chi connectivity index (χ3v) is 2.92. The van der Waals surface area contributed by atoms with Crippen LogP contribution in [-0.2, 0) is 9.47 Å². The fraction of sp³-hybridized carbons (Fsp3) is 1.00. The molecule has 0 fully saturated rings. The number of ether oxygens (including phenoxy) is 2. The summed E-state index contributed by atoms with van der Waals surface area (Å²) in [4.78, 5) is 0. The van der Waals surface area contributed by atoms with Crippen molar-refractivity contribution in [1.82, 2.24) is 5.32 Å². The highest BCUT2D eigenvalue weighted by Crippen LogP contribution is 2.22. The van der Waals surface area contributed by atoms with Gasteiger partial charge in [-0.3, -0.25) is 5.32 Å². The predicted octanol–water partition coefficient (Wildman–Crippen LogP) is 2.37. The minimum absolute atomic E-state index is 0.273. The standard InChI is InChI=1S/C11H25NO2/c1-6-7-8-10(2)11(3,14-5)12-9-13-4/h10,12H,6-9H2,1-5H3/t10-,11+/m0/s1. The highest BCUT2D eigenvalue weighted by Gasteiger charge is 2.29. The second-order valence-corrected chi connectivity index (χ2v) is 3.96. The number of rotatable bonds is 8. The SMILES string of the molecule is CCCC[C@H](C)[C@](C)(NCOC)OC. The molecule has 0 bridgehead atoms. The monoisotopic (exact) mass is 203 g/mol. The van der Waals surface area contributed by atoms with Crippen molar-refractivity contribution in [3.63, 3.8) is 0 Å². The summed E-state index contributed by atoms with van der Waals surface area (Å²) in [5, 5.41) is 3.26. The van der Waals surface area contributed by atoms with E-state index in [-0.39, 0.29) is 5.72 Å². The van der Waals surface area contributed by atoms with E-state index in [0.29, 0.717) is 12.6 Å². The molecule has 0 rings (SSSR count). The molecule has 0 aromatic heterocycles. The van der Waals surface area contributed by atoms with Crippen LogP contribution in [0.15, 0.2) is 0 Å². The Kier molecular flexibility index (Phi) is 7.15. The zero-order valence-electron chi connectivity index (χ0n) is 10.2. The van der Waals surface area contributed by atoms with E-state index >= 15 is 0 Å². The van der Waals surface area contributed by atoms with Crippen LogP contribution in [0, 0.1) is 5.92 Å². The number of nitrogens with one attached hydrogen (secondary N) is 1. The Morgan fingerprint density at radius 1 is 1.36 bits per heavy atom. The summed E-state index contributed by atoms with van der Waals surface area (Å²) in [5.74, 6) is 0.489. The summed E-state index contributed by atoms with van der Waals surface area (Å²) in [6, 6.07) is 0. The van der Waals surface area contributed by atoms with Gasteiger partial charge < -0.3 is 9.47 Å². The van der Waals surface area contributed by atoms with E-state index in [1.54, 1.807) is 14.2 Å². The fourth-order valence-corrected chi connectivity index (χ4v) is 1.45. The lowest BCUT2D eigenvalue weighted by Crippen LogP contribution is -2.50. The molecule has 0 saturated heterocycles. The first kappa shape index (κ1) is 13.9. The van der Waals surface area contributed by atoms with Crippen molar-refractivity contribution in [3.05, 3.63) is 0 Å². The maximum absolute atomic E-state index is 5.51. The predicted molar refractivity (Wildman–Crippen MR) is 59.1 cm³/mol. The van der Waals surface area contributed by atoms with Gasteiger partial charge in [-0.2, -0.15) is 0 Å². The van der Waals surface area contributed by atoms with Gasteiger partial charge >= 0.3 is 0 Å². The zero-order valence-corrected chi connectivity index (χ0v) is 10.2. The summed E-state index contributed by atoms with van der Waals surface area (Å²) >= 11 is 0. The molecule has 0 saturated carbocycles. The molecule has 0 spiro atoms. The van der Waals surface area contributed by atoms with Crippen molar-refractivity contribution < 1.29 is 9.47 Å². The van der Waals surface area contributed by atoms with Crippen molar-refractivity contribution >= 4 is 0 Å². The van der Waals surface area contributed by atoms with Crippen molar-refractivity contribution in [1.29, 1.82) is 0 Å². The van der Waals surface area contributed by atoms with Crippen LogP contribution < -0.4 is 5.32 Å². The quantitative estimate of drug-likeness (QED) is 0.614. The average molecular weight is 203 g/mol. The Labute approximate surface area is 88.2 Å². The van der Waals surface area contributed by atoms with Gasteiger partial charge in [0.1, 0.15) is 5.72 Å². The fourth-order valence-electron chi connectivity index (χ4n) is 1.45. The first-order chi connectivity index (χ1) is 6.60.